The molecule has 1 aromatic heterocycles. The molecule has 7 nitrogen and oxygen atoms in total. The van der Waals surface area contributed by atoms with E-state index >= 15 is 0 Å². The standard InChI is InChI=1S/C18H27N3O4/c1-11(2)16-19-15(20-25-16)14-4-3-9-21(10-14)17(22)12-5-7-13(8-6-12)18(23)24/h11-14H,3-10H2,1-2H3,(H,23,24). The first-order chi connectivity index (χ1) is 12.0. The lowest BCUT2D eigenvalue weighted by atomic mass is 9.81. The van der Waals surface area contributed by atoms with Gasteiger partial charge in [0.05, 0.1) is 5.92 Å². The molecule has 3 rings (SSSR count). The Morgan fingerprint density at radius 1 is 1.16 bits per heavy atom. The highest BCUT2D eigenvalue weighted by Crippen LogP contribution is 2.32. The minimum atomic E-state index is -0.734. The van der Waals surface area contributed by atoms with E-state index in [2.05, 4.69) is 10.1 Å². The molecule has 0 aromatic carbocycles. The number of nitrogens with zero attached hydrogens (tertiary/aromatic N) is 3. The molecule has 2 fully saturated rings. The Morgan fingerprint density at radius 2 is 1.84 bits per heavy atom. The highest BCUT2D eigenvalue weighted by Gasteiger charge is 2.35. The molecular formula is C18H27N3O4. The van der Waals surface area contributed by atoms with Gasteiger partial charge in [0.25, 0.3) is 0 Å². The second-order valence-corrected chi connectivity index (χ2v) is 7.66. The Balaban J connectivity index is 1.59. The van der Waals surface area contributed by atoms with Gasteiger partial charge in [-0.2, -0.15) is 4.98 Å². The van der Waals surface area contributed by atoms with E-state index < -0.39 is 5.97 Å². The van der Waals surface area contributed by atoms with Gasteiger partial charge in [0.2, 0.25) is 11.8 Å². The van der Waals surface area contributed by atoms with Crippen LogP contribution in [0.3, 0.4) is 0 Å². The molecule has 7 heteroatoms. The number of aliphatic carboxylic acids is 1. The van der Waals surface area contributed by atoms with Gasteiger partial charge in [-0.3, -0.25) is 9.59 Å². The zero-order valence-electron chi connectivity index (χ0n) is 15.0. The summed E-state index contributed by atoms with van der Waals surface area (Å²) in [6.07, 6.45) is 4.46. The molecule has 1 aromatic rings. The van der Waals surface area contributed by atoms with E-state index in [9.17, 15) is 9.59 Å². The summed E-state index contributed by atoms with van der Waals surface area (Å²) in [4.78, 5) is 30.3. The molecule has 138 valence electrons. The lowest BCUT2D eigenvalue weighted by Gasteiger charge is -2.35. The molecule has 1 unspecified atom stereocenters. The third kappa shape index (κ3) is 4.02. The van der Waals surface area contributed by atoms with Gasteiger partial charge in [-0.25, -0.2) is 0 Å². The number of hydrogen-bond acceptors (Lipinski definition) is 5. The third-order valence-corrected chi connectivity index (χ3v) is 5.48. The maximum absolute atomic E-state index is 12.8. The number of piperidine rings is 1. The van der Waals surface area contributed by atoms with E-state index in [1.165, 1.54) is 0 Å². The molecule has 25 heavy (non-hydrogen) atoms. The van der Waals surface area contributed by atoms with Crippen LogP contribution in [0, 0.1) is 11.8 Å². The number of amides is 1. The SMILES string of the molecule is CC(C)c1nc(C2CCCN(C(=O)C3CCC(C(=O)O)CC3)C2)no1. The fraction of sp³-hybridized carbons (Fsp3) is 0.778. The second-order valence-electron chi connectivity index (χ2n) is 7.66. The van der Waals surface area contributed by atoms with Crippen LogP contribution in [0.1, 0.15) is 75.9 Å². The van der Waals surface area contributed by atoms with E-state index in [1.807, 2.05) is 18.7 Å². The molecule has 1 aliphatic heterocycles. The third-order valence-electron chi connectivity index (χ3n) is 5.48. The van der Waals surface area contributed by atoms with Crippen molar-refractivity contribution >= 4 is 11.9 Å². The van der Waals surface area contributed by atoms with E-state index in [0.717, 1.165) is 19.4 Å². The Kier molecular flexibility index (Phi) is 5.39. The molecule has 1 saturated carbocycles. The maximum atomic E-state index is 12.8. The van der Waals surface area contributed by atoms with Crippen LogP contribution in [-0.4, -0.2) is 45.1 Å². The van der Waals surface area contributed by atoms with Gasteiger partial charge in [0, 0.05) is 30.8 Å². The van der Waals surface area contributed by atoms with Crippen molar-refractivity contribution in [2.24, 2.45) is 11.8 Å². The van der Waals surface area contributed by atoms with Crippen LogP contribution in [0.15, 0.2) is 4.52 Å². The van der Waals surface area contributed by atoms with Crippen molar-refractivity contribution in [3.63, 3.8) is 0 Å². The molecule has 0 bridgehead atoms. The van der Waals surface area contributed by atoms with Crippen molar-refractivity contribution < 1.29 is 19.2 Å². The highest BCUT2D eigenvalue weighted by atomic mass is 16.5. The van der Waals surface area contributed by atoms with E-state index in [0.29, 0.717) is 43.9 Å². The number of carboxylic acid groups (broad SMARTS) is 1. The summed E-state index contributed by atoms with van der Waals surface area (Å²) in [5.41, 5.74) is 0. The Labute approximate surface area is 147 Å². The monoisotopic (exact) mass is 349 g/mol. The Morgan fingerprint density at radius 3 is 2.44 bits per heavy atom. The fourth-order valence-electron chi connectivity index (χ4n) is 3.88. The molecule has 0 radical (unpaired) electrons. The molecule has 0 spiro atoms. The van der Waals surface area contributed by atoms with Gasteiger partial charge >= 0.3 is 5.97 Å². The van der Waals surface area contributed by atoms with Crippen molar-refractivity contribution in [3.05, 3.63) is 11.7 Å². The van der Waals surface area contributed by atoms with Gasteiger partial charge in [-0.15, -0.1) is 0 Å². The van der Waals surface area contributed by atoms with Gasteiger partial charge < -0.3 is 14.5 Å². The highest BCUT2D eigenvalue weighted by molar-refractivity contribution is 5.79. The van der Waals surface area contributed by atoms with Crippen LogP contribution in [0.5, 0.6) is 0 Å². The van der Waals surface area contributed by atoms with Crippen LogP contribution < -0.4 is 0 Å². The summed E-state index contributed by atoms with van der Waals surface area (Å²) in [5, 5.41) is 13.2. The van der Waals surface area contributed by atoms with E-state index in [1.54, 1.807) is 0 Å². The van der Waals surface area contributed by atoms with Crippen LogP contribution in [0.25, 0.3) is 0 Å². The molecule has 2 heterocycles. The molecule has 1 N–H and O–H groups in total. The van der Waals surface area contributed by atoms with Crippen molar-refractivity contribution in [2.75, 3.05) is 13.1 Å². The fourth-order valence-corrected chi connectivity index (χ4v) is 3.88. The number of carbonyl (C=O) groups is 2. The average Bonchev–Trinajstić information content (AvgIpc) is 3.12. The Hall–Kier alpha value is -1.92. The zero-order chi connectivity index (χ0) is 18.0. The topological polar surface area (TPSA) is 96.5 Å². The van der Waals surface area contributed by atoms with E-state index in [4.69, 9.17) is 9.63 Å². The molecule has 1 aliphatic carbocycles. The summed E-state index contributed by atoms with van der Waals surface area (Å²) >= 11 is 0. The number of hydrogen-bond donors (Lipinski definition) is 1. The predicted octanol–water partition coefficient (Wildman–Crippen LogP) is 2.79. The first-order valence-corrected chi connectivity index (χ1v) is 9.30. The average molecular weight is 349 g/mol. The van der Waals surface area contributed by atoms with Crippen LogP contribution >= 0.6 is 0 Å². The summed E-state index contributed by atoms with van der Waals surface area (Å²) in [7, 11) is 0. The molecule has 1 saturated heterocycles. The number of likely N-dealkylation sites (tertiary alicyclic amines) is 1. The van der Waals surface area contributed by atoms with Gasteiger partial charge in [-0.1, -0.05) is 19.0 Å². The molecular weight excluding hydrogens is 322 g/mol. The molecule has 1 amide bonds. The normalized spacial score (nSPS) is 27.5. The van der Waals surface area contributed by atoms with Crippen molar-refractivity contribution in [1.29, 1.82) is 0 Å². The van der Waals surface area contributed by atoms with Crippen molar-refractivity contribution in [1.82, 2.24) is 15.0 Å². The largest absolute Gasteiger partial charge is 0.481 e. The molecule has 1 atom stereocenters. The number of carboxylic acids is 1. The van der Waals surface area contributed by atoms with Gasteiger partial charge in [0.15, 0.2) is 5.82 Å². The quantitative estimate of drug-likeness (QED) is 0.898. The first-order valence-electron chi connectivity index (χ1n) is 9.30. The summed E-state index contributed by atoms with van der Waals surface area (Å²) < 4.78 is 5.31. The summed E-state index contributed by atoms with van der Waals surface area (Å²) in [6.45, 7) is 5.43. The predicted molar refractivity (Wildman–Crippen MR) is 90.0 cm³/mol. The van der Waals surface area contributed by atoms with Crippen LogP contribution in [-0.2, 0) is 9.59 Å². The minimum Gasteiger partial charge on any atom is -0.481 e. The molecule has 2 aliphatic rings. The lowest BCUT2D eigenvalue weighted by Crippen LogP contribution is -2.43. The number of carbonyl (C=O) groups excluding carboxylic acids is 1. The summed E-state index contributed by atoms with van der Waals surface area (Å²) in [6, 6.07) is 0. The van der Waals surface area contributed by atoms with Crippen molar-refractivity contribution in [2.45, 2.75) is 64.2 Å². The Bertz CT molecular complexity index is 620. The number of rotatable bonds is 4. The zero-order valence-corrected chi connectivity index (χ0v) is 15.0. The first kappa shape index (κ1) is 17.9. The van der Waals surface area contributed by atoms with Crippen LogP contribution in [0.4, 0.5) is 0 Å². The number of aromatic nitrogens is 2. The summed E-state index contributed by atoms with van der Waals surface area (Å²) in [5.74, 6) is 0.790. The van der Waals surface area contributed by atoms with Gasteiger partial charge in [0.1, 0.15) is 0 Å². The smallest absolute Gasteiger partial charge is 0.306 e. The van der Waals surface area contributed by atoms with Crippen LogP contribution in [0.2, 0.25) is 0 Å². The lowest BCUT2D eigenvalue weighted by molar-refractivity contribution is -0.146. The minimum absolute atomic E-state index is 0.0363. The second kappa shape index (κ2) is 7.54. The van der Waals surface area contributed by atoms with E-state index in [-0.39, 0.29) is 29.6 Å². The van der Waals surface area contributed by atoms with Gasteiger partial charge in [-0.05, 0) is 38.5 Å². The van der Waals surface area contributed by atoms with Crippen molar-refractivity contribution in [3.8, 4) is 0 Å². The maximum Gasteiger partial charge on any atom is 0.306 e.